The molecule has 0 fully saturated rings. The Bertz CT molecular complexity index is 671. The van der Waals surface area contributed by atoms with E-state index in [2.05, 4.69) is 0 Å². The van der Waals surface area contributed by atoms with Gasteiger partial charge in [-0.15, -0.1) is 0 Å². The maximum Gasteiger partial charge on any atom is 0.195 e. The van der Waals surface area contributed by atoms with Gasteiger partial charge in [0, 0.05) is 18.5 Å². The van der Waals surface area contributed by atoms with Crippen molar-refractivity contribution < 1.29 is 9.52 Å². The van der Waals surface area contributed by atoms with Gasteiger partial charge in [0.25, 0.3) is 0 Å². The minimum Gasteiger partial charge on any atom is -0.507 e. The zero-order valence-electron chi connectivity index (χ0n) is 11.8. The highest BCUT2D eigenvalue weighted by molar-refractivity contribution is 5.82. The highest BCUT2D eigenvalue weighted by Crippen LogP contribution is 2.28. The lowest BCUT2D eigenvalue weighted by molar-refractivity contribution is 0.383. The molecule has 0 aliphatic rings. The zero-order chi connectivity index (χ0) is 14.2. The van der Waals surface area contributed by atoms with E-state index >= 15 is 0 Å². The van der Waals surface area contributed by atoms with Gasteiger partial charge in [-0.2, -0.15) is 0 Å². The lowest BCUT2D eigenvalue weighted by Crippen LogP contribution is -2.14. The fourth-order valence-corrected chi connectivity index (χ4v) is 2.25. The second-order valence-electron chi connectivity index (χ2n) is 5.01. The van der Waals surface area contributed by atoms with Gasteiger partial charge >= 0.3 is 0 Å². The van der Waals surface area contributed by atoms with Gasteiger partial charge in [0.2, 0.25) is 0 Å². The van der Waals surface area contributed by atoms with E-state index < -0.39 is 0 Å². The number of benzene rings is 1. The minimum atomic E-state index is -0.0156. The van der Waals surface area contributed by atoms with Crippen molar-refractivity contribution in [2.75, 3.05) is 14.1 Å². The molecule has 102 valence electrons. The van der Waals surface area contributed by atoms with Gasteiger partial charge in [-0.3, -0.25) is 4.79 Å². The maximum absolute atomic E-state index is 12.3. The van der Waals surface area contributed by atoms with E-state index in [1.165, 1.54) is 0 Å². The Morgan fingerprint density at radius 1 is 1.32 bits per heavy atom. The predicted molar refractivity (Wildman–Crippen MR) is 75.7 cm³/mol. The van der Waals surface area contributed by atoms with Crippen molar-refractivity contribution >= 4 is 11.0 Å². The Kier molecular flexibility index (Phi) is 3.62. The van der Waals surface area contributed by atoms with Gasteiger partial charge in [-0.1, -0.05) is 6.92 Å². The predicted octanol–water partition coefficient (Wildman–Crippen LogP) is 2.43. The Morgan fingerprint density at radius 2 is 2.00 bits per heavy atom. The molecular weight excluding hydrogens is 242 g/mol. The second-order valence-corrected chi connectivity index (χ2v) is 5.01. The molecule has 0 spiro atoms. The zero-order valence-corrected chi connectivity index (χ0v) is 11.8. The van der Waals surface area contributed by atoms with E-state index in [1.807, 2.05) is 25.9 Å². The summed E-state index contributed by atoms with van der Waals surface area (Å²) in [6, 6.07) is 3.19. The summed E-state index contributed by atoms with van der Waals surface area (Å²) in [6.45, 7) is 4.26. The number of phenolic OH excluding ortho intramolecular Hbond substituents is 1. The van der Waals surface area contributed by atoms with Gasteiger partial charge in [0.1, 0.15) is 17.1 Å². The number of nitrogens with zero attached hydrogens (tertiary/aromatic N) is 1. The summed E-state index contributed by atoms with van der Waals surface area (Å²) in [7, 11) is 3.82. The highest BCUT2D eigenvalue weighted by Gasteiger charge is 2.15. The number of hydrogen-bond acceptors (Lipinski definition) is 4. The molecule has 0 amide bonds. The summed E-state index contributed by atoms with van der Waals surface area (Å²) in [5, 5.41) is 10.5. The van der Waals surface area contributed by atoms with E-state index in [0.29, 0.717) is 40.8 Å². The van der Waals surface area contributed by atoms with Crippen molar-refractivity contribution in [3.8, 4) is 5.75 Å². The van der Waals surface area contributed by atoms with Gasteiger partial charge in [0.05, 0.1) is 10.9 Å². The molecule has 1 aromatic carbocycles. The first-order valence-electron chi connectivity index (χ1n) is 6.37. The number of fused-ring (bicyclic) bond motifs is 1. The first kappa shape index (κ1) is 13.6. The molecule has 1 N–H and O–H groups in total. The Hall–Kier alpha value is -1.81. The van der Waals surface area contributed by atoms with Crippen LogP contribution >= 0.6 is 0 Å². The summed E-state index contributed by atoms with van der Waals surface area (Å²) in [6.07, 6.45) is 0.661. The normalized spacial score (nSPS) is 11.4. The summed E-state index contributed by atoms with van der Waals surface area (Å²) in [5.41, 5.74) is 1.80. The van der Waals surface area contributed by atoms with Crippen molar-refractivity contribution in [3.05, 3.63) is 39.2 Å². The number of aromatic hydroxyl groups is 1. The molecule has 0 atom stereocenters. The van der Waals surface area contributed by atoms with Crippen molar-refractivity contribution in [2.24, 2.45) is 0 Å². The van der Waals surface area contributed by atoms with Crippen LogP contribution in [0.25, 0.3) is 11.0 Å². The fraction of sp³-hybridized carbons (Fsp3) is 0.400. The molecule has 1 aromatic heterocycles. The third-order valence-corrected chi connectivity index (χ3v) is 3.26. The van der Waals surface area contributed by atoms with Crippen LogP contribution in [0.4, 0.5) is 0 Å². The molecule has 0 saturated carbocycles. The summed E-state index contributed by atoms with van der Waals surface area (Å²) >= 11 is 0. The summed E-state index contributed by atoms with van der Waals surface area (Å²) < 4.78 is 5.85. The quantitative estimate of drug-likeness (QED) is 0.922. The molecular formula is C15H19NO3. The van der Waals surface area contributed by atoms with Crippen LogP contribution in [0, 0.1) is 6.92 Å². The Labute approximate surface area is 112 Å². The standard InChI is InChI=1S/C15H19NO3/c1-5-13-9(2)14(18)10-6-7-12(17)11(8-16(3)4)15(10)19-13/h6-7,17H,5,8H2,1-4H3. The van der Waals surface area contributed by atoms with Crippen molar-refractivity contribution in [1.29, 1.82) is 0 Å². The number of phenols is 1. The number of hydrogen-bond donors (Lipinski definition) is 1. The van der Waals surface area contributed by atoms with Crippen LogP contribution in [0.5, 0.6) is 5.75 Å². The van der Waals surface area contributed by atoms with Crippen LogP contribution in [0.1, 0.15) is 23.8 Å². The van der Waals surface area contributed by atoms with E-state index in [0.717, 1.165) is 0 Å². The SMILES string of the molecule is CCc1oc2c(CN(C)C)c(O)ccc2c(=O)c1C. The van der Waals surface area contributed by atoms with Gasteiger partial charge in [0.15, 0.2) is 5.43 Å². The average Bonchev–Trinajstić information content (AvgIpc) is 2.36. The monoisotopic (exact) mass is 261 g/mol. The van der Waals surface area contributed by atoms with Crippen molar-refractivity contribution in [1.82, 2.24) is 4.90 Å². The highest BCUT2D eigenvalue weighted by atomic mass is 16.3. The van der Waals surface area contributed by atoms with Crippen LogP contribution in [0.2, 0.25) is 0 Å². The number of aryl methyl sites for hydroxylation is 1. The molecule has 0 aliphatic carbocycles. The van der Waals surface area contributed by atoms with E-state index in [9.17, 15) is 9.90 Å². The maximum atomic E-state index is 12.3. The first-order chi connectivity index (χ1) is 8.95. The molecule has 2 aromatic rings. The molecule has 1 heterocycles. The second kappa shape index (κ2) is 5.05. The lowest BCUT2D eigenvalue weighted by Gasteiger charge is -2.14. The van der Waals surface area contributed by atoms with Crippen LogP contribution in [0.15, 0.2) is 21.3 Å². The molecule has 0 aliphatic heterocycles. The van der Waals surface area contributed by atoms with Crippen molar-refractivity contribution in [3.63, 3.8) is 0 Å². The van der Waals surface area contributed by atoms with E-state index in [1.54, 1.807) is 19.1 Å². The molecule has 2 rings (SSSR count). The summed E-state index contributed by atoms with van der Waals surface area (Å²) in [5.74, 6) is 0.846. The fourth-order valence-electron chi connectivity index (χ4n) is 2.25. The molecule has 0 unspecified atom stereocenters. The van der Waals surface area contributed by atoms with Crippen LogP contribution in [-0.2, 0) is 13.0 Å². The average molecular weight is 261 g/mol. The molecule has 0 bridgehead atoms. The lowest BCUT2D eigenvalue weighted by atomic mass is 10.1. The van der Waals surface area contributed by atoms with Crippen LogP contribution in [-0.4, -0.2) is 24.1 Å². The van der Waals surface area contributed by atoms with Crippen LogP contribution in [0.3, 0.4) is 0 Å². The first-order valence-corrected chi connectivity index (χ1v) is 6.37. The van der Waals surface area contributed by atoms with Gasteiger partial charge in [-0.25, -0.2) is 0 Å². The molecule has 0 saturated heterocycles. The van der Waals surface area contributed by atoms with Crippen molar-refractivity contribution in [2.45, 2.75) is 26.8 Å². The minimum absolute atomic E-state index is 0.0156. The molecule has 4 nitrogen and oxygen atoms in total. The molecule has 4 heteroatoms. The van der Waals surface area contributed by atoms with Gasteiger partial charge in [-0.05, 0) is 33.2 Å². The number of rotatable bonds is 3. The Morgan fingerprint density at radius 3 is 2.58 bits per heavy atom. The topological polar surface area (TPSA) is 53.7 Å². The molecule has 19 heavy (non-hydrogen) atoms. The van der Waals surface area contributed by atoms with E-state index in [-0.39, 0.29) is 11.2 Å². The van der Waals surface area contributed by atoms with Gasteiger partial charge < -0.3 is 14.4 Å². The Balaban J connectivity index is 2.84. The smallest absolute Gasteiger partial charge is 0.195 e. The third kappa shape index (κ3) is 2.36. The van der Waals surface area contributed by atoms with E-state index in [4.69, 9.17) is 4.42 Å². The third-order valence-electron chi connectivity index (χ3n) is 3.26. The molecule has 0 radical (unpaired) electrons. The largest absolute Gasteiger partial charge is 0.507 e. The summed E-state index contributed by atoms with van der Waals surface area (Å²) in [4.78, 5) is 14.2. The van der Waals surface area contributed by atoms with Crippen LogP contribution < -0.4 is 5.43 Å².